The molecule has 0 aliphatic carbocycles. The van der Waals surface area contributed by atoms with Crippen molar-refractivity contribution in [1.29, 1.82) is 5.26 Å². The van der Waals surface area contributed by atoms with Crippen LogP contribution in [0.5, 0.6) is 0 Å². The first-order valence-electron chi connectivity index (χ1n) is 8.05. The first-order chi connectivity index (χ1) is 15.0. The fourth-order valence-corrected chi connectivity index (χ4v) is 4.22. The summed E-state index contributed by atoms with van der Waals surface area (Å²) >= 11 is 11.4. The second-order valence-corrected chi connectivity index (χ2v) is 11.4. The third-order valence-corrected chi connectivity index (χ3v) is 6.35. The molecule has 0 aliphatic rings. The molecule has 0 radical (unpaired) electrons. The number of halogens is 10. The Morgan fingerprint density at radius 3 is 2.06 bits per heavy atom. The van der Waals surface area contributed by atoms with E-state index in [1.807, 2.05) is 0 Å². The van der Waals surface area contributed by atoms with Crippen molar-refractivity contribution in [2.45, 2.75) is 10.4 Å². The highest BCUT2D eigenvalue weighted by atomic mass is 35.5. The van der Waals surface area contributed by atoms with Crippen LogP contribution < -0.4 is 4.72 Å². The van der Waals surface area contributed by atoms with Gasteiger partial charge in [0.05, 0.1) is 16.4 Å². The number of hydrogen-bond acceptors (Lipinski definition) is 5. The van der Waals surface area contributed by atoms with Gasteiger partial charge in [0.25, 0.3) is 0 Å². The van der Waals surface area contributed by atoms with Crippen LogP contribution in [-0.4, -0.2) is 49.0 Å². The van der Waals surface area contributed by atoms with E-state index in [0.29, 0.717) is 4.68 Å². The van der Waals surface area contributed by atoms with Crippen molar-refractivity contribution in [1.82, 2.24) is 14.7 Å². The van der Waals surface area contributed by atoms with Crippen LogP contribution in [0.4, 0.5) is 44.1 Å². The maximum absolute atomic E-state index is 13.2. The predicted octanol–water partition coefficient (Wildman–Crippen LogP) is 6.19. The molecule has 1 heterocycles. The average molecular weight is 581 g/mol. The Bertz CT molecular complexity index is 1310. The molecule has 1 N–H and O–H groups in total. The summed E-state index contributed by atoms with van der Waals surface area (Å²) < 4.78 is 129. The number of rotatable bonds is 6. The van der Waals surface area contributed by atoms with Gasteiger partial charge in [-0.1, -0.05) is 42.6 Å². The van der Waals surface area contributed by atoms with Gasteiger partial charge in [0.1, 0.15) is 22.3 Å². The van der Waals surface area contributed by atoms with E-state index < -0.39 is 63.6 Å². The van der Waals surface area contributed by atoms with Crippen LogP contribution in [0.25, 0.3) is 5.69 Å². The van der Waals surface area contributed by atoms with Crippen LogP contribution in [0.1, 0.15) is 5.69 Å². The van der Waals surface area contributed by atoms with E-state index >= 15 is 0 Å². The summed E-state index contributed by atoms with van der Waals surface area (Å²) in [6.07, 6.45) is 0.894. The molecule has 0 fully saturated rings. The molecule has 0 amide bonds. The van der Waals surface area contributed by atoms with Crippen molar-refractivity contribution in [3.63, 3.8) is 0 Å². The zero-order valence-corrected chi connectivity index (χ0v) is 19.5. The lowest BCUT2D eigenvalue weighted by atomic mass is 10.3. The van der Waals surface area contributed by atoms with Gasteiger partial charge in [-0.25, -0.2) is 9.67 Å². The van der Waals surface area contributed by atoms with E-state index in [4.69, 9.17) is 23.2 Å². The first kappa shape index (κ1) is 27.8. The van der Waals surface area contributed by atoms with Gasteiger partial charge >= 0.3 is 25.8 Å². The maximum Gasteiger partial charge on any atom is 0.516 e. The maximum atomic E-state index is 13.2. The third kappa shape index (κ3) is 5.76. The SMILES string of the molecule is CN(C)/C=N/c1c(NS(=O)(=O)C(F)(F)F)c(C#N)nn1-c1c(Cl)cc(S(F)(F)(F)(F)F)cc1Cl. The molecule has 8 nitrogen and oxygen atoms in total. The average Bonchev–Trinajstić information content (AvgIpc) is 2.93. The van der Waals surface area contributed by atoms with Crippen LogP contribution in [0.2, 0.25) is 10.0 Å². The Morgan fingerprint density at radius 2 is 1.68 bits per heavy atom. The molecule has 0 bridgehead atoms. The third-order valence-electron chi connectivity index (χ3n) is 3.57. The number of nitrogens with one attached hydrogen (secondary N) is 1. The molecule has 34 heavy (non-hydrogen) atoms. The zero-order chi connectivity index (χ0) is 26.6. The van der Waals surface area contributed by atoms with Crippen LogP contribution in [-0.2, 0) is 10.0 Å². The number of nitriles is 1. The van der Waals surface area contributed by atoms with Crippen molar-refractivity contribution < 1.29 is 41.0 Å². The number of alkyl halides is 3. The standard InChI is InChI=1S/C14H10Cl2F8N6O2S2/c1-29(2)6-26-13-11(28-33(31,32)14(17,18)19)10(5-25)27-30(13)12-8(15)3-7(4-9(12)16)34(20,21,22,23)24/h3-4,6,28H,1-2H3/b26-6+. The number of aliphatic imine (C=N–C) groups is 1. The number of nitrogens with zero attached hydrogens (tertiary/aromatic N) is 5. The smallest absolute Gasteiger partial charge is 0.369 e. The number of benzene rings is 1. The van der Waals surface area contributed by atoms with E-state index in [-0.39, 0.29) is 12.1 Å². The Hall–Kier alpha value is -2.49. The first-order valence-corrected chi connectivity index (χ1v) is 12.2. The monoisotopic (exact) mass is 580 g/mol. The minimum absolute atomic E-state index is 0.211. The molecule has 0 aliphatic heterocycles. The summed E-state index contributed by atoms with van der Waals surface area (Å²) in [4.78, 5) is 2.39. The van der Waals surface area contributed by atoms with Crippen LogP contribution in [0.15, 0.2) is 22.0 Å². The molecule has 1 aromatic heterocycles. The van der Waals surface area contributed by atoms with Gasteiger partial charge < -0.3 is 4.90 Å². The summed E-state index contributed by atoms with van der Waals surface area (Å²) in [6, 6.07) is 0.858. The second kappa shape index (κ2) is 7.76. The molecule has 0 spiro atoms. The molecule has 0 atom stereocenters. The van der Waals surface area contributed by atoms with Crippen LogP contribution >= 0.6 is 33.4 Å². The molecule has 2 aromatic rings. The number of sulfonamides is 1. The summed E-state index contributed by atoms with van der Waals surface area (Å²) in [7, 11) is -13.6. The lowest BCUT2D eigenvalue weighted by molar-refractivity contribution is -0.0429. The summed E-state index contributed by atoms with van der Waals surface area (Å²) in [5.41, 5.74) is -8.82. The Morgan fingerprint density at radius 1 is 1.18 bits per heavy atom. The van der Waals surface area contributed by atoms with Gasteiger partial charge in [0.15, 0.2) is 11.5 Å². The topological polar surface area (TPSA) is 103 Å². The summed E-state index contributed by atoms with van der Waals surface area (Å²) in [6.45, 7) is 0. The Kier molecular flexibility index (Phi) is 6.33. The largest absolute Gasteiger partial charge is 0.516 e. The molecule has 2 rings (SSSR count). The van der Waals surface area contributed by atoms with Crippen LogP contribution in [0.3, 0.4) is 0 Å². The summed E-state index contributed by atoms with van der Waals surface area (Å²) in [5, 5.41) is 10.5. The highest BCUT2D eigenvalue weighted by Gasteiger charge is 2.65. The highest BCUT2D eigenvalue weighted by Crippen LogP contribution is 3.02. The predicted molar refractivity (Wildman–Crippen MR) is 110 cm³/mol. The van der Waals surface area contributed by atoms with Crippen molar-refractivity contribution >= 4 is 61.3 Å². The minimum Gasteiger partial charge on any atom is -0.369 e. The minimum atomic E-state index is -10.3. The van der Waals surface area contributed by atoms with Crippen molar-refractivity contribution in [2.24, 2.45) is 4.99 Å². The normalized spacial score (nSPS) is 15.0. The molecular weight excluding hydrogens is 571 g/mol. The number of hydrogen-bond donors (Lipinski definition) is 1. The van der Waals surface area contributed by atoms with Gasteiger partial charge in [-0.3, -0.25) is 4.72 Å². The molecule has 0 unspecified atom stereocenters. The van der Waals surface area contributed by atoms with E-state index in [1.165, 1.54) is 25.1 Å². The van der Waals surface area contributed by atoms with E-state index in [2.05, 4.69) is 10.1 Å². The van der Waals surface area contributed by atoms with Crippen molar-refractivity contribution in [3.05, 3.63) is 27.9 Å². The van der Waals surface area contributed by atoms with Gasteiger partial charge in [0, 0.05) is 14.1 Å². The quantitative estimate of drug-likeness (QED) is 0.249. The van der Waals surface area contributed by atoms with Gasteiger partial charge in [0.2, 0.25) is 0 Å². The molecule has 1 aromatic carbocycles. The van der Waals surface area contributed by atoms with Gasteiger partial charge in [-0.05, 0) is 12.1 Å². The van der Waals surface area contributed by atoms with E-state index in [9.17, 15) is 46.3 Å². The lowest BCUT2D eigenvalue weighted by Gasteiger charge is -2.40. The second-order valence-electron chi connectivity index (χ2n) is 6.53. The molecular formula is C14H10Cl2F8N6O2S2. The molecule has 190 valence electrons. The Balaban J connectivity index is 2.92. The van der Waals surface area contributed by atoms with Crippen LogP contribution in [0, 0.1) is 11.3 Å². The molecule has 20 heteroatoms. The zero-order valence-electron chi connectivity index (χ0n) is 16.4. The van der Waals surface area contributed by atoms with E-state index in [1.54, 1.807) is 0 Å². The van der Waals surface area contributed by atoms with Crippen molar-refractivity contribution in [2.75, 3.05) is 18.8 Å². The van der Waals surface area contributed by atoms with Gasteiger partial charge in [-0.15, -0.1) is 0 Å². The van der Waals surface area contributed by atoms with Crippen molar-refractivity contribution in [3.8, 4) is 11.8 Å². The fraction of sp³-hybridized carbons (Fsp3) is 0.214. The lowest BCUT2D eigenvalue weighted by Crippen LogP contribution is -2.30. The number of aromatic nitrogens is 2. The highest BCUT2D eigenvalue weighted by molar-refractivity contribution is 8.45. The molecule has 0 saturated carbocycles. The van der Waals surface area contributed by atoms with E-state index in [0.717, 1.165) is 11.1 Å². The summed E-state index contributed by atoms with van der Waals surface area (Å²) in [5.74, 6) is -0.887. The Labute approximate surface area is 196 Å². The molecule has 0 saturated heterocycles. The van der Waals surface area contributed by atoms with Gasteiger partial charge in [-0.2, -0.15) is 31.9 Å². The number of anilines is 1. The fourth-order valence-electron chi connectivity index (χ4n) is 2.19.